The molecule has 1 atom stereocenters. The van der Waals surface area contributed by atoms with Crippen LogP contribution in [0.2, 0.25) is 0 Å². The lowest BCUT2D eigenvalue weighted by Gasteiger charge is -2.21. The first-order valence-corrected chi connectivity index (χ1v) is 8.54. The van der Waals surface area contributed by atoms with Gasteiger partial charge in [0.2, 0.25) is 5.95 Å². The first kappa shape index (κ1) is 14.1. The second-order valence-corrected chi connectivity index (χ2v) is 6.80. The standard InChI is InChI=1S/C12H21N3OS2/c1-16-6-2-4-15-5-3-13-12(15)14-9-11-10-17-7-8-18-11/h3,5,11H,2,4,6-10H2,1H3,(H,13,14). The molecule has 0 aromatic carbocycles. The predicted octanol–water partition coefficient (Wildman–Crippen LogP) is 2.18. The monoisotopic (exact) mass is 287 g/mol. The molecule has 1 fully saturated rings. The highest BCUT2D eigenvalue weighted by atomic mass is 32.2. The van der Waals surface area contributed by atoms with E-state index in [4.69, 9.17) is 4.74 Å². The lowest BCUT2D eigenvalue weighted by atomic mass is 10.4. The van der Waals surface area contributed by atoms with Gasteiger partial charge in [-0.2, -0.15) is 23.5 Å². The molecule has 2 rings (SSSR count). The molecule has 0 aliphatic carbocycles. The molecule has 18 heavy (non-hydrogen) atoms. The van der Waals surface area contributed by atoms with Crippen molar-refractivity contribution in [3.8, 4) is 0 Å². The molecule has 0 saturated carbocycles. The van der Waals surface area contributed by atoms with Crippen LogP contribution in [0, 0.1) is 0 Å². The quantitative estimate of drug-likeness (QED) is 0.778. The number of thioether (sulfide) groups is 2. The van der Waals surface area contributed by atoms with Gasteiger partial charge in [0.05, 0.1) is 0 Å². The number of hydrogen-bond acceptors (Lipinski definition) is 5. The number of aryl methyl sites for hydroxylation is 1. The Morgan fingerprint density at radius 2 is 2.50 bits per heavy atom. The van der Waals surface area contributed by atoms with Gasteiger partial charge in [0, 0.05) is 61.7 Å². The maximum Gasteiger partial charge on any atom is 0.202 e. The Bertz CT molecular complexity index is 340. The average molecular weight is 287 g/mol. The Kier molecular flexibility index (Phi) is 6.23. The number of methoxy groups -OCH3 is 1. The molecule has 0 radical (unpaired) electrons. The second-order valence-electron chi connectivity index (χ2n) is 4.24. The van der Waals surface area contributed by atoms with Crippen molar-refractivity contribution in [1.29, 1.82) is 0 Å². The second kappa shape index (κ2) is 7.96. The summed E-state index contributed by atoms with van der Waals surface area (Å²) in [5.74, 6) is 4.82. The minimum Gasteiger partial charge on any atom is -0.385 e. The number of aromatic nitrogens is 2. The Labute approximate surface area is 117 Å². The van der Waals surface area contributed by atoms with Crippen LogP contribution < -0.4 is 5.32 Å². The first-order valence-electron chi connectivity index (χ1n) is 6.33. The normalized spacial score (nSPS) is 19.9. The summed E-state index contributed by atoms with van der Waals surface area (Å²) >= 11 is 4.13. The third-order valence-corrected chi connectivity index (χ3v) is 5.68. The van der Waals surface area contributed by atoms with E-state index < -0.39 is 0 Å². The van der Waals surface area contributed by atoms with Gasteiger partial charge < -0.3 is 14.6 Å². The number of nitrogens with one attached hydrogen (secondary N) is 1. The molecular formula is C12H21N3OS2. The van der Waals surface area contributed by atoms with Crippen LogP contribution >= 0.6 is 23.5 Å². The van der Waals surface area contributed by atoms with Crippen molar-refractivity contribution in [3.05, 3.63) is 12.4 Å². The molecule has 1 unspecified atom stereocenters. The number of nitrogens with zero attached hydrogens (tertiary/aromatic N) is 2. The molecule has 1 saturated heterocycles. The fourth-order valence-electron chi connectivity index (χ4n) is 1.90. The summed E-state index contributed by atoms with van der Waals surface area (Å²) in [7, 11) is 1.74. The molecule has 0 bridgehead atoms. The predicted molar refractivity (Wildman–Crippen MR) is 80.8 cm³/mol. The van der Waals surface area contributed by atoms with Crippen LogP contribution in [-0.2, 0) is 11.3 Å². The topological polar surface area (TPSA) is 39.1 Å². The van der Waals surface area contributed by atoms with E-state index in [2.05, 4.69) is 38.4 Å². The van der Waals surface area contributed by atoms with Gasteiger partial charge >= 0.3 is 0 Å². The zero-order chi connectivity index (χ0) is 12.6. The van der Waals surface area contributed by atoms with Crippen LogP contribution in [0.4, 0.5) is 5.95 Å². The first-order chi connectivity index (χ1) is 8.90. The van der Waals surface area contributed by atoms with Crippen molar-refractivity contribution in [3.63, 3.8) is 0 Å². The summed E-state index contributed by atoms with van der Waals surface area (Å²) in [4.78, 5) is 4.37. The Morgan fingerprint density at radius 3 is 3.28 bits per heavy atom. The van der Waals surface area contributed by atoms with Gasteiger partial charge in [-0.15, -0.1) is 0 Å². The third-order valence-electron chi connectivity index (χ3n) is 2.84. The Hall–Kier alpha value is -0.330. The number of rotatable bonds is 7. The summed E-state index contributed by atoms with van der Waals surface area (Å²) in [6.07, 6.45) is 4.91. The van der Waals surface area contributed by atoms with Crippen LogP contribution in [-0.4, -0.2) is 52.3 Å². The van der Waals surface area contributed by atoms with Crippen LogP contribution in [0.3, 0.4) is 0 Å². The van der Waals surface area contributed by atoms with E-state index in [1.54, 1.807) is 7.11 Å². The maximum absolute atomic E-state index is 5.07. The van der Waals surface area contributed by atoms with Crippen molar-refractivity contribution in [2.75, 3.05) is 42.8 Å². The van der Waals surface area contributed by atoms with E-state index in [0.29, 0.717) is 5.25 Å². The van der Waals surface area contributed by atoms with Gasteiger partial charge in [-0.05, 0) is 6.42 Å². The molecule has 0 amide bonds. The van der Waals surface area contributed by atoms with Crippen LogP contribution in [0.25, 0.3) is 0 Å². The van der Waals surface area contributed by atoms with Gasteiger partial charge in [-0.1, -0.05) is 0 Å². The number of ether oxygens (including phenoxy) is 1. The molecule has 102 valence electrons. The molecule has 1 aromatic rings. The Morgan fingerprint density at radius 1 is 1.56 bits per heavy atom. The summed E-state index contributed by atoms with van der Waals surface area (Å²) < 4.78 is 7.24. The zero-order valence-electron chi connectivity index (χ0n) is 10.8. The highest BCUT2D eigenvalue weighted by Crippen LogP contribution is 2.24. The van der Waals surface area contributed by atoms with Crippen molar-refractivity contribution < 1.29 is 4.74 Å². The molecule has 4 nitrogen and oxygen atoms in total. The van der Waals surface area contributed by atoms with E-state index in [1.165, 1.54) is 17.3 Å². The largest absolute Gasteiger partial charge is 0.385 e. The molecule has 1 aromatic heterocycles. The highest BCUT2D eigenvalue weighted by Gasteiger charge is 2.14. The van der Waals surface area contributed by atoms with Gasteiger partial charge in [0.25, 0.3) is 0 Å². The summed E-state index contributed by atoms with van der Waals surface area (Å²) in [5, 5.41) is 4.18. The maximum atomic E-state index is 5.07. The lowest BCUT2D eigenvalue weighted by molar-refractivity contribution is 0.190. The zero-order valence-corrected chi connectivity index (χ0v) is 12.4. The highest BCUT2D eigenvalue weighted by molar-refractivity contribution is 8.06. The molecule has 0 spiro atoms. The SMILES string of the molecule is COCCCn1ccnc1NCC1CSCCS1. The van der Waals surface area contributed by atoms with Crippen molar-refractivity contribution in [1.82, 2.24) is 9.55 Å². The summed E-state index contributed by atoms with van der Waals surface area (Å²) in [5.41, 5.74) is 0. The van der Waals surface area contributed by atoms with Gasteiger partial charge in [0.15, 0.2) is 0 Å². The number of anilines is 1. The van der Waals surface area contributed by atoms with Crippen LogP contribution in [0.15, 0.2) is 12.4 Å². The van der Waals surface area contributed by atoms with Gasteiger partial charge in [-0.3, -0.25) is 0 Å². The van der Waals surface area contributed by atoms with Crippen molar-refractivity contribution in [2.24, 2.45) is 0 Å². The summed E-state index contributed by atoms with van der Waals surface area (Å²) in [6, 6.07) is 0. The Balaban J connectivity index is 1.75. The molecule has 2 heterocycles. The van der Waals surface area contributed by atoms with Crippen LogP contribution in [0.1, 0.15) is 6.42 Å². The average Bonchev–Trinajstić information content (AvgIpc) is 2.86. The van der Waals surface area contributed by atoms with Crippen molar-refractivity contribution in [2.45, 2.75) is 18.2 Å². The molecule has 1 N–H and O–H groups in total. The lowest BCUT2D eigenvalue weighted by Crippen LogP contribution is -2.24. The fourth-order valence-corrected chi connectivity index (χ4v) is 4.51. The fraction of sp³-hybridized carbons (Fsp3) is 0.750. The van der Waals surface area contributed by atoms with E-state index in [9.17, 15) is 0 Å². The molecular weight excluding hydrogens is 266 g/mol. The third kappa shape index (κ3) is 4.40. The number of hydrogen-bond donors (Lipinski definition) is 1. The van der Waals surface area contributed by atoms with Gasteiger partial charge in [-0.25, -0.2) is 4.98 Å². The number of imidazole rings is 1. The molecule has 1 aliphatic heterocycles. The minimum absolute atomic E-state index is 0.716. The minimum atomic E-state index is 0.716. The molecule has 1 aliphatic rings. The summed E-state index contributed by atoms with van der Waals surface area (Å²) in [6.45, 7) is 2.77. The van der Waals surface area contributed by atoms with Gasteiger partial charge in [0.1, 0.15) is 0 Å². The smallest absolute Gasteiger partial charge is 0.202 e. The van der Waals surface area contributed by atoms with E-state index in [-0.39, 0.29) is 0 Å². The van der Waals surface area contributed by atoms with Crippen LogP contribution in [0.5, 0.6) is 0 Å². The van der Waals surface area contributed by atoms with E-state index in [1.807, 2.05) is 12.4 Å². The molecule has 6 heteroatoms. The van der Waals surface area contributed by atoms with E-state index >= 15 is 0 Å². The van der Waals surface area contributed by atoms with E-state index in [0.717, 1.165) is 32.1 Å². The van der Waals surface area contributed by atoms with Crippen molar-refractivity contribution >= 4 is 29.5 Å².